The number of hydrogen-bond acceptors (Lipinski definition) is 2. The highest BCUT2D eigenvalue weighted by Crippen LogP contribution is 2.48. The molecular formula is C14H16F5NO. The predicted molar refractivity (Wildman–Crippen MR) is 67.9 cm³/mol. The number of benzene rings is 1. The minimum absolute atomic E-state index is 0.142. The van der Waals surface area contributed by atoms with Crippen molar-refractivity contribution in [1.82, 2.24) is 5.32 Å². The van der Waals surface area contributed by atoms with Crippen LogP contribution in [-0.2, 0) is 12.3 Å². The van der Waals surface area contributed by atoms with Gasteiger partial charge in [0.05, 0.1) is 12.7 Å². The van der Waals surface area contributed by atoms with Crippen LogP contribution in [0.3, 0.4) is 0 Å². The Hall–Kier alpha value is -1.37. The Morgan fingerprint density at radius 1 is 1.19 bits per heavy atom. The minimum atomic E-state index is -5.65. The Bertz CT molecular complexity index is 527. The number of halogens is 5. The molecule has 118 valence electrons. The summed E-state index contributed by atoms with van der Waals surface area (Å²) in [5.41, 5.74) is 0.135. The van der Waals surface area contributed by atoms with Crippen molar-refractivity contribution in [3.8, 4) is 5.75 Å². The van der Waals surface area contributed by atoms with E-state index in [9.17, 15) is 22.0 Å². The van der Waals surface area contributed by atoms with Crippen LogP contribution < -0.4 is 10.1 Å². The molecule has 0 spiro atoms. The fourth-order valence-corrected chi connectivity index (χ4v) is 2.53. The summed E-state index contributed by atoms with van der Waals surface area (Å²) in [7, 11) is 1.09. The quantitative estimate of drug-likeness (QED) is 0.843. The first-order chi connectivity index (χ1) is 9.68. The van der Waals surface area contributed by atoms with Crippen LogP contribution >= 0.6 is 0 Å². The molecule has 1 aromatic carbocycles. The molecule has 0 radical (unpaired) electrons. The Kier molecular flexibility index (Phi) is 4.15. The summed E-state index contributed by atoms with van der Waals surface area (Å²) in [6, 6.07) is 2.24. The van der Waals surface area contributed by atoms with E-state index in [1.807, 2.05) is 0 Å². The van der Waals surface area contributed by atoms with Crippen LogP contribution in [0.15, 0.2) is 12.1 Å². The van der Waals surface area contributed by atoms with Gasteiger partial charge in [-0.2, -0.15) is 22.0 Å². The number of alkyl halides is 5. The van der Waals surface area contributed by atoms with Gasteiger partial charge < -0.3 is 10.1 Å². The average Bonchev–Trinajstić information content (AvgIpc) is 2.58. The van der Waals surface area contributed by atoms with Crippen LogP contribution in [0.1, 0.15) is 29.5 Å². The summed E-state index contributed by atoms with van der Waals surface area (Å²) in [6.07, 6.45) is -5.09. The van der Waals surface area contributed by atoms with E-state index in [1.54, 1.807) is 6.92 Å². The Morgan fingerprint density at radius 2 is 1.86 bits per heavy atom. The summed E-state index contributed by atoms with van der Waals surface area (Å²) in [5, 5.41) is 3.12. The summed E-state index contributed by atoms with van der Waals surface area (Å²) >= 11 is 0. The van der Waals surface area contributed by atoms with Crippen molar-refractivity contribution >= 4 is 0 Å². The molecule has 0 saturated heterocycles. The van der Waals surface area contributed by atoms with Crippen LogP contribution in [0.4, 0.5) is 22.0 Å². The van der Waals surface area contributed by atoms with E-state index in [-0.39, 0.29) is 5.92 Å². The van der Waals surface area contributed by atoms with E-state index in [2.05, 4.69) is 5.32 Å². The highest BCUT2D eigenvalue weighted by molar-refractivity contribution is 5.47. The van der Waals surface area contributed by atoms with Crippen molar-refractivity contribution in [1.29, 1.82) is 0 Å². The van der Waals surface area contributed by atoms with Crippen LogP contribution in [0.5, 0.6) is 5.75 Å². The second-order valence-corrected chi connectivity index (χ2v) is 5.18. The van der Waals surface area contributed by atoms with Gasteiger partial charge in [0.15, 0.2) is 0 Å². The minimum Gasteiger partial charge on any atom is -0.496 e. The first-order valence-corrected chi connectivity index (χ1v) is 6.55. The number of nitrogens with one attached hydrogen (secondary N) is 1. The van der Waals surface area contributed by atoms with Crippen LogP contribution in [0, 0.1) is 0 Å². The number of ether oxygens (including phenoxy) is 1. The van der Waals surface area contributed by atoms with Gasteiger partial charge in [0.1, 0.15) is 5.75 Å². The monoisotopic (exact) mass is 309 g/mol. The second kappa shape index (κ2) is 5.44. The van der Waals surface area contributed by atoms with Gasteiger partial charge in [0.2, 0.25) is 0 Å². The average molecular weight is 309 g/mol. The molecule has 0 fully saturated rings. The van der Waals surface area contributed by atoms with Gasteiger partial charge in [-0.25, -0.2) is 0 Å². The summed E-state index contributed by atoms with van der Waals surface area (Å²) in [6.45, 7) is 2.98. The smallest absolute Gasteiger partial charge is 0.458 e. The van der Waals surface area contributed by atoms with Gasteiger partial charge in [-0.3, -0.25) is 0 Å². The normalized spacial score (nSPS) is 19.9. The van der Waals surface area contributed by atoms with E-state index in [0.29, 0.717) is 25.1 Å². The van der Waals surface area contributed by atoms with Crippen LogP contribution in [-0.4, -0.2) is 26.4 Å². The highest BCUT2D eigenvalue weighted by Gasteiger charge is 2.60. The fourth-order valence-electron chi connectivity index (χ4n) is 2.53. The molecule has 21 heavy (non-hydrogen) atoms. The first-order valence-electron chi connectivity index (χ1n) is 6.55. The molecule has 1 aliphatic heterocycles. The third-order valence-electron chi connectivity index (χ3n) is 3.71. The van der Waals surface area contributed by atoms with Crippen molar-refractivity contribution in [2.24, 2.45) is 0 Å². The van der Waals surface area contributed by atoms with Crippen molar-refractivity contribution in [2.45, 2.75) is 31.4 Å². The first kappa shape index (κ1) is 16.0. The van der Waals surface area contributed by atoms with Crippen molar-refractivity contribution < 1.29 is 26.7 Å². The summed E-state index contributed by atoms with van der Waals surface area (Å²) < 4.78 is 70.0. The highest BCUT2D eigenvalue weighted by atomic mass is 19.4. The predicted octanol–water partition coefficient (Wildman–Crippen LogP) is 3.60. The Morgan fingerprint density at radius 3 is 2.43 bits per heavy atom. The van der Waals surface area contributed by atoms with E-state index in [1.165, 1.54) is 6.07 Å². The van der Waals surface area contributed by atoms with E-state index < -0.39 is 23.4 Å². The summed E-state index contributed by atoms with van der Waals surface area (Å²) in [4.78, 5) is 0. The van der Waals surface area contributed by atoms with Gasteiger partial charge >= 0.3 is 12.1 Å². The Labute approximate surface area is 119 Å². The lowest BCUT2D eigenvalue weighted by atomic mass is 9.91. The van der Waals surface area contributed by atoms with Gasteiger partial charge in [-0.15, -0.1) is 0 Å². The molecule has 1 heterocycles. The lowest BCUT2D eigenvalue weighted by molar-refractivity contribution is -0.289. The lowest BCUT2D eigenvalue weighted by Crippen LogP contribution is -2.34. The Balaban J connectivity index is 2.61. The molecule has 2 rings (SSSR count). The maximum Gasteiger partial charge on any atom is 0.458 e. The molecule has 0 amide bonds. The third-order valence-corrected chi connectivity index (χ3v) is 3.71. The zero-order chi connectivity index (χ0) is 15.8. The van der Waals surface area contributed by atoms with Crippen molar-refractivity contribution in [3.63, 3.8) is 0 Å². The molecule has 0 unspecified atom stereocenters. The molecule has 0 bridgehead atoms. The topological polar surface area (TPSA) is 21.3 Å². The second-order valence-electron chi connectivity index (χ2n) is 5.18. The zero-order valence-corrected chi connectivity index (χ0v) is 11.7. The third kappa shape index (κ3) is 2.84. The molecule has 0 saturated carbocycles. The van der Waals surface area contributed by atoms with Crippen LogP contribution in [0.2, 0.25) is 0 Å². The fraction of sp³-hybridized carbons (Fsp3) is 0.571. The maximum atomic E-state index is 13.7. The number of hydrogen-bond donors (Lipinski definition) is 1. The molecule has 1 aromatic rings. The summed E-state index contributed by atoms with van der Waals surface area (Å²) in [5.74, 6) is -5.51. The largest absolute Gasteiger partial charge is 0.496 e. The van der Waals surface area contributed by atoms with Crippen LogP contribution in [0.25, 0.3) is 0 Å². The number of methoxy groups -OCH3 is 1. The van der Waals surface area contributed by atoms with Gasteiger partial charge in [-0.1, -0.05) is 6.92 Å². The van der Waals surface area contributed by atoms with E-state index in [0.717, 1.165) is 18.7 Å². The maximum absolute atomic E-state index is 13.7. The molecular weight excluding hydrogens is 293 g/mol. The van der Waals surface area contributed by atoms with Crippen molar-refractivity contribution in [2.75, 3.05) is 20.2 Å². The van der Waals surface area contributed by atoms with E-state index in [4.69, 9.17) is 4.74 Å². The van der Waals surface area contributed by atoms with Gasteiger partial charge in [0, 0.05) is 6.54 Å². The molecule has 1 aliphatic rings. The zero-order valence-electron chi connectivity index (χ0n) is 11.7. The standard InChI is InChI=1S/C14H16F5NO/c1-8-7-20-4-3-9-5-12(21-2)11(6-10(8)9)13(15,16)14(17,18)19/h5-6,8,20H,3-4,7H2,1-2H3/t8-/m0/s1. The molecule has 1 N–H and O–H groups in total. The van der Waals surface area contributed by atoms with E-state index >= 15 is 0 Å². The van der Waals surface area contributed by atoms with Gasteiger partial charge in [-0.05, 0) is 42.1 Å². The molecule has 2 nitrogen and oxygen atoms in total. The number of rotatable bonds is 2. The molecule has 0 aromatic heterocycles. The number of fused-ring (bicyclic) bond motifs is 1. The molecule has 1 atom stereocenters. The van der Waals surface area contributed by atoms with Gasteiger partial charge in [0.25, 0.3) is 0 Å². The van der Waals surface area contributed by atoms with Crippen molar-refractivity contribution in [3.05, 3.63) is 28.8 Å². The lowest BCUT2D eigenvalue weighted by Gasteiger charge is -2.24. The molecule has 0 aliphatic carbocycles. The SMILES string of the molecule is COc1cc2c(cc1C(F)(F)C(F)(F)F)[C@@H](C)CNCC2. The molecule has 7 heteroatoms.